The first-order valence-electron chi connectivity index (χ1n) is 5.24. The average molecular weight is 197 g/mol. The Kier molecular flexibility index (Phi) is 3.29. The molecule has 1 aliphatic rings. The van der Waals surface area contributed by atoms with Crippen LogP contribution in [0.4, 0.5) is 0 Å². The summed E-state index contributed by atoms with van der Waals surface area (Å²) in [5.41, 5.74) is 0.163. The summed E-state index contributed by atoms with van der Waals surface area (Å²) < 4.78 is 0. The molecule has 3 nitrogen and oxygen atoms in total. The lowest BCUT2D eigenvalue weighted by Crippen LogP contribution is -2.43. The van der Waals surface area contributed by atoms with Crippen LogP contribution in [0, 0.1) is 5.41 Å². The second-order valence-corrected chi connectivity index (χ2v) is 4.80. The SMILES string of the molecule is CCC(C)(C)CN1CCC(=O)CC1=O. The number of piperidine rings is 1. The number of carbonyl (C=O) groups excluding carboxylic acids is 2. The lowest BCUT2D eigenvalue weighted by atomic mass is 9.89. The highest BCUT2D eigenvalue weighted by Crippen LogP contribution is 2.23. The maximum atomic E-state index is 11.5. The molecule has 1 saturated heterocycles. The van der Waals surface area contributed by atoms with Crippen LogP contribution >= 0.6 is 0 Å². The summed E-state index contributed by atoms with van der Waals surface area (Å²) in [6.07, 6.45) is 1.69. The molecule has 0 aromatic carbocycles. The second-order valence-electron chi connectivity index (χ2n) is 4.80. The molecular formula is C11H19NO2. The molecule has 14 heavy (non-hydrogen) atoms. The maximum absolute atomic E-state index is 11.5. The van der Waals surface area contributed by atoms with Crippen molar-refractivity contribution in [3.8, 4) is 0 Å². The molecule has 0 aromatic rings. The lowest BCUT2D eigenvalue weighted by Gasteiger charge is -2.33. The highest BCUT2D eigenvalue weighted by Gasteiger charge is 2.28. The molecular weight excluding hydrogens is 178 g/mol. The predicted octanol–water partition coefficient (Wildman–Crippen LogP) is 1.61. The third-order valence-corrected chi connectivity index (χ3v) is 2.94. The highest BCUT2D eigenvalue weighted by molar-refractivity contribution is 6.00. The van der Waals surface area contributed by atoms with E-state index in [9.17, 15) is 9.59 Å². The Labute approximate surface area is 85.5 Å². The third-order valence-electron chi connectivity index (χ3n) is 2.94. The minimum Gasteiger partial charge on any atom is -0.341 e. The number of carbonyl (C=O) groups is 2. The van der Waals surface area contributed by atoms with Crippen LogP contribution in [0.3, 0.4) is 0 Å². The molecule has 0 aliphatic carbocycles. The molecule has 1 heterocycles. The van der Waals surface area contributed by atoms with Gasteiger partial charge < -0.3 is 4.90 Å². The normalized spacial score (nSPS) is 18.9. The smallest absolute Gasteiger partial charge is 0.230 e. The van der Waals surface area contributed by atoms with Crippen LogP contribution in [-0.2, 0) is 9.59 Å². The monoisotopic (exact) mass is 197 g/mol. The van der Waals surface area contributed by atoms with E-state index in [1.54, 1.807) is 0 Å². The first-order valence-corrected chi connectivity index (χ1v) is 5.24. The Hall–Kier alpha value is -0.860. The molecule has 0 saturated carbocycles. The van der Waals surface area contributed by atoms with Gasteiger partial charge in [0.05, 0.1) is 6.42 Å². The second kappa shape index (κ2) is 4.11. The van der Waals surface area contributed by atoms with Crippen molar-refractivity contribution >= 4 is 11.7 Å². The Morgan fingerprint density at radius 3 is 2.50 bits per heavy atom. The van der Waals surface area contributed by atoms with Crippen molar-refractivity contribution in [2.45, 2.75) is 40.0 Å². The van der Waals surface area contributed by atoms with E-state index < -0.39 is 0 Å². The molecule has 0 radical (unpaired) electrons. The molecule has 0 unspecified atom stereocenters. The summed E-state index contributed by atoms with van der Waals surface area (Å²) in [6.45, 7) is 7.81. The van der Waals surface area contributed by atoms with Crippen molar-refractivity contribution in [1.29, 1.82) is 0 Å². The van der Waals surface area contributed by atoms with Gasteiger partial charge in [-0.05, 0) is 11.8 Å². The van der Waals surface area contributed by atoms with Crippen LogP contribution in [0.15, 0.2) is 0 Å². The quantitative estimate of drug-likeness (QED) is 0.645. The lowest BCUT2D eigenvalue weighted by molar-refractivity contribution is -0.140. The standard InChI is InChI=1S/C11H19NO2/c1-4-11(2,3)8-12-6-5-9(13)7-10(12)14/h4-8H2,1-3H3. The Balaban J connectivity index is 2.53. The van der Waals surface area contributed by atoms with Gasteiger partial charge in [-0.3, -0.25) is 9.59 Å². The molecule has 0 N–H and O–H groups in total. The molecule has 80 valence electrons. The molecule has 0 spiro atoms. The van der Waals surface area contributed by atoms with Crippen LogP contribution in [0.1, 0.15) is 40.0 Å². The fourth-order valence-electron chi connectivity index (χ4n) is 1.55. The number of amides is 1. The van der Waals surface area contributed by atoms with Crippen molar-refractivity contribution in [3.63, 3.8) is 0 Å². The van der Waals surface area contributed by atoms with Gasteiger partial charge in [0.25, 0.3) is 0 Å². The molecule has 1 rings (SSSR count). The number of hydrogen-bond acceptors (Lipinski definition) is 2. The minimum atomic E-state index is 0.00257. The van der Waals surface area contributed by atoms with E-state index in [1.807, 2.05) is 4.90 Å². The highest BCUT2D eigenvalue weighted by atomic mass is 16.2. The van der Waals surface area contributed by atoms with Crippen molar-refractivity contribution < 1.29 is 9.59 Å². The summed E-state index contributed by atoms with van der Waals surface area (Å²) in [5, 5.41) is 0. The fourth-order valence-corrected chi connectivity index (χ4v) is 1.55. The van der Waals surface area contributed by atoms with E-state index in [2.05, 4.69) is 20.8 Å². The van der Waals surface area contributed by atoms with Gasteiger partial charge in [0.15, 0.2) is 0 Å². The summed E-state index contributed by atoms with van der Waals surface area (Å²) >= 11 is 0. The van der Waals surface area contributed by atoms with Crippen LogP contribution in [-0.4, -0.2) is 29.7 Å². The molecule has 1 amide bonds. The van der Waals surface area contributed by atoms with Crippen LogP contribution in [0.5, 0.6) is 0 Å². The van der Waals surface area contributed by atoms with Gasteiger partial charge in [0.2, 0.25) is 5.91 Å². The first kappa shape index (κ1) is 11.2. The van der Waals surface area contributed by atoms with E-state index >= 15 is 0 Å². The minimum absolute atomic E-state index is 0.00257. The van der Waals surface area contributed by atoms with E-state index in [1.165, 1.54) is 0 Å². The predicted molar refractivity (Wildman–Crippen MR) is 54.9 cm³/mol. The van der Waals surface area contributed by atoms with Crippen LogP contribution < -0.4 is 0 Å². The Bertz CT molecular complexity index is 246. The molecule has 1 aliphatic heterocycles. The van der Waals surface area contributed by atoms with Gasteiger partial charge in [-0.1, -0.05) is 20.8 Å². The van der Waals surface area contributed by atoms with Gasteiger partial charge in [0.1, 0.15) is 5.78 Å². The average Bonchev–Trinajstić information content (AvgIpc) is 2.10. The van der Waals surface area contributed by atoms with E-state index in [-0.39, 0.29) is 23.5 Å². The first-order chi connectivity index (χ1) is 6.44. The van der Waals surface area contributed by atoms with Gasteiger partial charge in [0, 0.05) is 19.5 Å². The summed E-state index contributed by atoms with van der Waals surface area (Å²) in [5.74, 6) is 0.0864. The van der Waals surface area contributed by atoms with E-state index in [0.29, 0.717) is 13.0 Å². The zero-order valence-electron chi connectivity index (χ0n) is 9.30. The molecule has 0 atom stereocenters. The van der Waals surface area contributed by atoms with Crippen molar-refractivity contribution in [1.82, 2.24) is 4.90 Å². The topological polar surface area (TPSA) is 37.4 Å². The van der Waals surface area contributed by atoms with Crippen LogP contribution in [0.25, 0.3) is 0 Å². The van der Waals surface area contributed by atoms with Crippen molar-refractivity contribution in [2.75, 3.05) is 13.1 Å². The zero-order chi connectivity index (χ0) is 10.8. The number of rotatable bonds is 3. The largest absolute Gasteiger partial charge is 0.341 e. The fraction of sp³-hybridized carbons (Fsp3) is 0.818. The summed E-state index contributed by atoms with van der Waals surface area (Å²) in [7, 11) is 0. The molecule has 3 heteroatoms. The number of hydrogen-bond donors (Lipinski definition) is 0. The van der Waals surface area contributed by atoms with Gasteiger partial charge in [-0.25, -0.2) is 0 Å². The third kappa shape index (κ3) is 2.82. The van der Waals surface area contributed by atoms with Gasteiger partial charge in [-0.2, -0.15) is 0 Å². The Morgan fingerprint density at radius 2 is 2.00 bits per heavy atom. The number of nitrogens with zero attached hydrogens (tertiary/aromatic N) is 1. The number of ketones is 1. The molecule has 0 bridgehead atoms. The van der Waals surface area contributed by atoms with E-state index in [4.69, 9.17) is 0 Å². The van der Waals surface area contributed by atoms with Gasteiger partial charge >= 0.3 is 0 Å². The van der Waals surface area contributed by atoms with Crippen LogP contribution in [0.2, 0.25) is 0 Å². The summed E-state index contributed by atoms with van der Waals surface area (Å²) in [4.78, 5) is 24.3. The van der Waals surface area contributed by atoms with Crippen molar-refractivity contribution in [2.24, 2.45) is 5.41 Å². The van der Waals surface area contributed by atoms with Crippen molar-refractivity contribution in [3.05, 3.63) is 0 Å². The molecule has 0 aromatic heterocycles. The summed E-state index contributed by atoms with van der Waals surface area (Å²) in [6, 6.07) is 0. The number of likely N-dealkylation sites (tertiary alicyclic amines) is 1. The van der Waals surface area contributed by atoms with E-state index in [0.717, 1.165) is 13.0 Å². The molecule has 1 fully saturated rings. The Morgan fingerprint density at radius 1 is 1.36 bits per heavy atom. The van der Waals surface area contributed by atoms with Gasteiger partial charge in [-0.15, -0.1) is 0 Å². The zero-order valence-corrected chi connectivity index (χ0v) is 9.30. The number of Topliss-reactive ketones (excluding diaryl/α,β-unsaturated/α-hetero) is 1. The maximum Gasteiger partial charge on any atom is 0.230 e.